The number of aliphatic hydroxyl groups excluding tert-OH is 1. The summed E-state index contributed by atoms with van der Waals surface area (Å²) in [6.45, 7) is 4.32. The van der Waals surface area contributed by atoms with E-state index in [1.54, 1.807) is 18.2 Å². The van der Waals surface area contributed by atoms with E-state index in [9.17, 15) is 25.4 Å². The molecule has 5 rings (SSSR count). The zero-order valence-electron chi connectivity index (χ0n) is 18.6. The molecule has 0 radical (unpaired) electrons. The number of rotatable bonds is 2. The van der Waals surface area contributed by atoms with Crippen molar-refractivity contribution in [1.29, 1.82) is 0 Å². The fraction of sp³-hybridized carbons (Fsp3) is 0.760. The lowest BCUT2D eigenvalue weighted by atomic mass is 9.42. The summed E-state index contributed by atoms with van der Waals surface area (Å²) in [6, 6.07) is 6.50. The van der Waals surface area contributed by atoms with Gasteiger partial charge < -0.3 is 15.3 Å². The molecule has 1 aromatic rings. The van der Waals surface area contributed by atoms with Crippen molar-refractivity contribution in [2.24, 2.45) is 28.6 Å². The monoisotopic (exact) mass is 429 g/mol. The molecule has 0 bridgehead atoms. The second-order valence-electron chi connectivity index (χ2n) is 11.4. The Morgan fingerprint density at radius 2 is 1.71 bits per heavy atom. The molecule has 0 aliphatic heterocycles. The van der Waals surface area contributed by atoms with Crippen molar-refractivity contribution in [3.05, 3.63) is 39.9 Å². The van der Waals surface area contributed by atoms with Crippen molar-refractivity contribution >= 4 is 5.69 Å². The minimum absolute atomic E-state index is 0.0606. The predicted molar refractivity (Wildman–Crippen MR) is 116 cm³/mol. The molecule has 1 aromatic carbocycles. The molecular formula is C25H35NO5. The van der Waals surface area contributed by atoms with E-state index in [-0.39, 0.29) is 23.1 Å². The highest BCUT2D eigenvalue weighted by molar-refractivity contribution is 5.47. The van der Waals surface area contributed by atoms with Crippen LogP contribution in [-0.4, -0.2) is 31.9 Å². The molecule has 0 heterocycles. The van der Waals surface area contributed by atoms with Gasteiger partial charge in [-0.25, -0.2) is 0 Å². The van der Waals surface area contributed by atoms with Crippen LogP contribution in [0.25, 0.3) is 0 Å². The first-order valence-corrected chi connectivity index (χ1v) is 11.9. The summed E-state index contributed by atoms with van der Waals surface area (Å²) in [4.78, 5) is 11.3. The second-order valence-corrected chi connectivity index (χ2v) is 11.4. The van der Waals surface area contributed by atoms with Gasteiger partial charge >= 0.3 is 0 Å². The smallest absolute Gasteiger partial charge is 0.275 e. The first-order chi connectivity index (χ1) is 14.6. The van der Waals surface area contributed by atoms with Gasteiger partial charge in [0.2, 0.25) is 0 Å². The first-order valence-electron chi connectivity index (χ1n) is 11.9. The van der Waals surface area contributed by atoms with Gasteiger partial charge in [0, 0.05) is 11.5 Å². The summed E-state index contributed by atoms with van der Waals surface area (Å²) in [5.74, 6) is 0.936. The van der Waals surface area contributed by atoms with Gasteiger partial charge in [0.15, 0.2) is 0 Å². The summed E-state index contributed by atoms with van der Waals surface area (Å²) in [5, 5.41) is 46.3. The van der Waals surface area contributed by atoms with Gasteiger partial charge in [-0.15, -0.1) is 0 Å². The summed E-state index contributed by atoms with van der Waals surface area (Å²) in [6.07, 6.45) is 6.73. The number of nitro groups is 1. The second kappa shape index (κ2) is 6.75. The SMILES string of the molecule is C[C@]12CCC(O)CC1CC[C@@H]1[C@H]2CC[C@]2(C)C(O)(c3ccccc3[N+](=O)[O-])CC[C@@]12O. The van der Waals surface area contributed by atoms with Gasteiger partial charge in [-0.2, -0.15) is 0 Å². The van der Waals surface area contributed by atoms with Crippen molar-refractivity contribution in [3.8, 4) is 0 Å². The maximum Gasteiger partial charge on any atom is 0.275 e. The van der Waals surface area contributed by atoms with Crippen molar-refractivity contribution in [2.45, 2.75) is 88.9 Å². The van der Waals surface area contributed by atoms with E-state index in [2.05, 4.69) is 6.92 Å². The minimum atomic E-state index is -1.42. The number of nitro benzene ring substituents is 1. The van der Waals surface area contributed by atoms with Crippen LogP contribution in [0.3, 0.4) is 0 Å². The maximum atomic E-state index is 12.3. The first kappa shape index (κ1) is 21.4. The zero-order valence-corrected chi connectivity index (χ0v) is 18.6. The largest absolute Gasteiger partial charge is 0.393 e. The number of aliphatic hydroxyl groups is 3. The molecule has 4 fully saturated rings. The van der Waals surface area contributed by atoms with Gasteiger partial charge in [0.25, 0.3) is 5.69 Å². The van der Waals surface area contributed by atoms with Crippen LogP contribution in [0.1, 0.15) is 77.2 Å². The molecule has 4 saturated carbocycles. The number of fused-ring (bicyclic) bond motifs is 5. The van der Waals surface area contributed by atoms with E-state index in [0.717, 1.165) is 38.5 Å². The van der Waals surface area contributed by atoms with E-state index in [1.807, 2.05) is 6.92 Å². The van der Waals surface area contributed by atoms with E-state index in [4.69, 9.17) is 0 Å². The van der Waals surface area contributed by atoms with Crippen LogP contribution in [-0.2, 0) is 5.60 Å². The summed E-state index contributed by atoms with van der Waals surface area (Å²) in [7, 11) is 0. The highest BCUT2D eigenvalue weighted by Crippen LogP contribution is 2.72. The summed E-state index contributed by atoms with van der Waals surface area (Å²) >= 11 is 0. The molecule has 170 valence electrons. The molecule has 0 spiro atoms. The fourth-order valence-corrected chi connectivity index (χ4v) is 8.63. The highest BCUT2D eigenvalue weighted by Gasteiger charge is 2.72. The molecule has 0 saturated heterocycles. The topological polar surface area (TPSA) is 104 Å². The summed E-state index contributed by atoms with van der Waals surface area (Å²) in [5.41, 5.74) is -2.90. The van der Waals surface area contributed by atoms with Crippen LogP contribution in [0, 0.1) is 38.7 Å². The van der Waals surface area contributed by atoms with E-state index in [0.29, 0.717) is 36.7 Å². The molecule has 6 heteroatoms. The van der Waals surface area contributed by atoms with Crippen molar-refractivity contribution in [1.82, 2.24) is 0 Å². The Bertz CT molecular complexity index is 906. The van der Waals surface area contributed by atoms with E-state index < -0.39 is 21.5 Å². The van der Waals surface area contributed by atoms with Crippen LogP contribution in [0.5, 0.6) is 0 Å². The Morgan fingerprint density at radius 1 is 0.968 bits per heavy atom. The van der Waals surface area contributed by atoms with Crippen molar-refractivity contribution < 1.29 is 20.2 Å². The molecule has 4 aliphatic carbocycles. The van der Waals surface area contributed by atoms with Crippen LogP contribution in [0.4, 0.5) is 5.69 Å². The van der Waals surface area contributed by atoms with E-state index >= 15 is 0 Å². The van der Waals surface area contributed by atoms with Gasteiger partial charge in [0.05, 0.1) is 22.2 Å². The van der Waals surface area contributed by atoms with Crippen molar-refractivity contribution in [3.63, 3.8) is 0 Å². The number of para-hydroxylation sites is 1. The van der Waals surface area contributed by atoms with Crippen LogP contribution < -0.4 is 0 Å². The Kier molecular flexibility index (Phi) is 4.65. The molecule has 0 aromatic heterocycles. The molecular weight excluding hydrogens is 394 g/mol. The molecule has 6 nitrogen and oxygen atoms in total. The van der Waals surface area contributed by atoms with Crippen LogP contribution >= 0.6 is 0 Å². The average Bonchev–Trinajstić information content (AvgIpc) is 2.96. The highest BCUT2D eigenvalue weighted by atomic mass is 16.6. The fourth-order valence-electron chi connectivity index (χ4n) is 8.63. The standard InChI is InChI=1S/C25H35NO5/c1-22-11-9-17(27)15-16(22)7-8-19-18(22)10-12-23(2)24(19,28)13-14-25(23,29)20-5-3-4-6-21(20)26(30)31/h3-6,16-19,27-29H,7-15H2,1-2H3/t16?,17?,18-,19-,22+,23+,24-,25?/m1/s1. The number of hydrogen-bond acceptors (Lipinski definition) is 5. The van der Waals surface area contributed by atoms with Gasteiger partial charge in [-0.05, 0) is 87.0 Å². The number of hydrogen-bond donors (Lipinski definition) is 3. The lowest BCUT2D eigenvalue weighted by Gasteiger charge is -2.64. The third-order valence-corrected chi connectivity index (χ3v) is 10.5. The third-order valence-electron chi connectivity index (χ3n) is 10.5. The maximum absolute atomic E-state index is 12.3. The Morgan fingerprint density at radius 3 is 2.45 bits per heavy atom. The number of nitrogens with zero attached hydrogens (tertiary/aromatic N) is 1. The van der Waals surface area contributed by atoms with Crippen molar-refractivity contribution in [2.75, 3.05) is 0 Å². The third kappa shape index (κ3) is 2.61. The Balaban J connectivity index is 1.55. The minimum Gasteiger partial charge on any atom is -0.393 e. The molecule has 3 N–H and O–H groups in total. The van der Waals surface area contributed by atoms with Crippen LogP contribution in [0.15, 0.2) is 24.3 Å². The van der Waals surface area contributed by atoms with Gasteiger partial charge in [-0.3, -0.25) is 10.1 Å². The van der Waals surface area contributed by atoms with Gasteiger partial charge in [0.1, 0.15) is 5.60 Å². The van der Waals surface area contributed by atoms with E-state index in [1.165, 1.54) is 6.07 Å². The van der Waals surface area contributed by atoms with Gasteiger partial charge in [-0.1, -0.05) is 26.0 Å². The predicted octanol–water partition coefficient (Wildman–Crippen LogP) is 4.30. The molecule has 0 amide bonds. The lowest BCUT2D eigenvalue weighted by molar-refractivity contribution is -0.387. The lowest BCUT2D eigenvalue weighted by Crippen LogP contribution is -2.64. The quantitative estimate of drug-likeness (QED) is 0.480. The summed E-state index contributed by atoms with van der Waals surface area (Å²) < 4.78 is 0. The number of benzene rings is 1. The Labute approximate surface area is 183 Å². The molecule has 31 heavy (non-hydrogen) atoms. The average molecular weight is 430 g/mol. The Hall–Kier alpha value is -1.50. The molecule has 4 aliphatic rings. The molecule has 3 unspecified atom stereocenters. The molecule has 8 atom stereocenters. The zero-order chi connectivity index (χ0) is 22.2. The van der Waals surface area contributed by atoms with Crippen LogP contribution in [0.2, 0.25) is 0 Å². The normalized spacial score (nSPS) is 49.1.